The standard InChI is InChI=1S/C24H40O4.C9H18N2O2/c1-14(4-9-22(27)28)18-7-8-19-17-6-5-15-12-16(25)10-11-23(15,2)20(17)13-21(26)24(18,19)3;1-2-3-7(10)8(12)9(13)11-6-4-5-6/h14-21,25-26H,4-13H2,1-3H3,(H,27,28);6-8,12H,2-5,10H2,1H3,(H,11,13)/t14-,15-,16-,17+,18-,19+,20+,21+,23+,24-;/m1./s1. The fourth-order valence-electron chi connectivity index (χ4n) is 9.91. The number of nitrogens with two attached hydrogens (primary N) is 1. The topological polar surface area (TPSA) is 153 Å². The fourth-order valence-corrected chi connectivity index (χ4v) is 9.91. The lowest BCUT2D eigenvalue weighted by atomic mass is 9.43. The summed E-state index contributed by atoms with van der Waals surface area (Å²) in [6, 6.07) is -0.139. The molecule has 0 spiro atoms. The summed E-state index contributed by atoms with van der Waals surface area (Å²) in [6.45, 7) is 8.97. The van der Waals surface area contributed by atoms with Crippen LogP contribution in [0.3, 0.4) is 0 Å². The van der Waals surface area contributed by atoms with Gasteiger partial charge in [0, 0.05) is 18.5 Å². The molecule has 5 fully saturated rings. The smallest absolute Gasteiger partial charge is 0.303 e. The largest absolute Gasteiger partial charge is 0.481 e. The van der Waals surface area contributed by atoms with Crippen LogP contribution in [0.5, 0.6) is 0 Å². The maximum Gasteiger partial charge on any atom is 0.303 e. The quantitative estimate of drug-likeness (QED) is 0.239. The van der Waals surface area contributed by atoms with Crippen molar-refractivity contribution in [2.75, 3.05) is 0 Å². The number of aliphatic carboxylic acids is 1. The highest BCUT2D eigenvalue weighted by Gasteiger charge is 2.63. The lowest BCUT2D eigenvalue weighted by Gasteiger charge is -2.62. The summed E-state index contributed by atoms with van der Waals surface area (Å²) < 4.78 is 0. The molecule has 5 aliphatic carbocycles. The number of aliphatic hydroxyl groups excluding tert-OH is 3. The first-order valence-corrected chi connectivity index (χ1v) is 16.6. The van der Waals surface area contributed by atoms with Gasteiger partial charge in [-0.1, -0.05) is 34.1 Å². The Labute approximate surface area is 247 Å². The van der Waals surface area contributed by atoms with Crippen LogP contribution < -0.4 is 11.1 Å². The predicted molar refractivity (Wildman–Crippen MR) is 159 cm³/mol. The van der Waals surface area contributed by atoms with Crippen LogP contribution in [0, 0.1) is 46.3 Å². The van der Waals surface area contributed by atoms with Crippen LogP contribution in [-0.2, 0) is 9.59 Å². The van der Waals surface area contributed by atoms with Gasteiger partial charge in [-0.25, -0.2) is 0 Å². The van der Waals surface area contributed by atoms with Gasteiger partial charge in [0.25, 0.3) is 5.91 Å². The summed E-state index contributed by atoms with van der Waals surface area (Å²) >= 11 is 0. The molecule has 5 aliphatic rings. The molecular weight excluding hydrogens is 520 g/mol. The van der Waals surface area contributed by atoms with E-state index >= 15 is 0 Å². The van der Waals surface area contributed by atoms with Gasteiger partial charge in [-0.3, -0.25) is 9.59 Å². The molecule has 12 atom stereocenters. The number of hydrogen-bond acceptors (Lipinski definition) is 6. The summed E-state index contributed by atoms with van der Waals surface area (Å²) in [5.74, 6) is 2.23. The Bertz CT molecular complexity index is 912. The van der Waals surface area contributed by atoms with Crippen molar-refractivity contribution in [2.24, 2.45) is 52.1 Å². The molecule has 0 aromatic heterocycles. The molecule has 5 saturated carbocycles. The molecule has 1 amide bonds. The third kappa shape index (κ3) is 6.81. The van der Waals surface area contributed by atoms with Gasteiger partial charge in [0.2, 0.25) is 0 Å². The van der Waals surface area contributed by atoms with Crippen LogP contribution in [-0.4, -0.2) is 62.7 Å². The minimum atomic E-state index is -1.04. The number of carbonyl (C=O) groups excluding carboxylic acids is 1. The minimum absolute atomic E-state index is 0.0591. The molecule has 0 saturated heterocycles. The zero-order chi connectivity index (χ0) is 30.1. The number of amides is 1. The lowest BCUT2D eigenvalue weighted by Crippen LogP contribution is -2.58. The first kappa shape index (κ1) is 32.7. The second-order valence-electron chi connectivity index (χ2n) is 15.0. The molecule has 0 aromatic rings. The highest BCUT2D eigenvalue weighted by atomic mass is 16.4. The van der Waals surface area contributed by atoms with E-state index in [-0.39, 0.29) is 41.4 Å². The van der Waals surface area contributed by atoms with E-state index in [0.717, 1.165) is 57.8 Å². The SMILES string of the molecule is CCCC(N)C(O)C(=O)NC1CC1.C[C@H](CCC(=O)O)[C@H]1CC[C@H]2[C@@H]3CC[C@@H]4C[C@H](O)CC[C@]4(C)[C@H]3C[C@H](O)[C@]12C. The van der Waals surface area contributed by atoms with Crippen LogP contribution in [0.15, 0.2) is 0 Å². The Kier molecular flexibility index (Phi) is 10.5. The molecule has 8 heteroatoms. The van der Waals surface area contributed by atoms with Crippen molar-refractivity contribution in [1.82, 2.24) is 5.32 Å². The van der Waals surface area contributed by atoms with E-state index in [1.165, 1.54) is 19.3 Å². The first-order chi connectivity index (χ1) is 19.3. The molecule has 41 heavy (non-hydrogen) atoms. The highest BCUT2D eigenvalue weighted by Crippen LogP contribution is 2.68. The van der Waals surface area contributed by atoms with Crippen molar-refractivity contribution in [2.45, 2.75) is 148 Å². The predicted octanol–water partition coefficient (Wildman–Crippen LogP) is 4.23. The van der Waals surface area contributed by atoms with Crippen molar-refractivity contribution in [3.8, 4) is 0 Å². The Morgan fingerprint density at radius 1 is 0.976 bits per heavy atom. The Morgan fingerprint density at radius 2 is 1.68 bits per heavy atom. The van der Waals surface area contributed by atoms with Crippen LogP contribution in [0.25, 0.3) is 0 Å². The van der Waals surface area contributed by atoms with Gasteiger partial charge < -0.3 is 31.5 Å². The van der Waals surface area contributed by atoms with Crippen LogP contribution in [0.1, 0.15) is 118 Å². The molecule has 0 heterocycles. The third-order valence-electron chi connectivity index (χ3n) is 12.5. The van der Waals surface area contributed by atoms with E-state index < -0.39 is 18.1 Å². The van der Waals surface area contributed by atoms with E-state index in [1.54, 1.807) is 0 Å². The number of carboxylic acid groups (broad SMARTS) is 1. The molecule has 2 unspecified atom stereocenters. The zero-order valence-corrected chi connectivity index (χ0v) is 25.9. The van der Waals surface area contributed by atoms with E-state index in [2.05, 4.69) is 26.1 Å². The third-order valence-corrected chi connectivity index (χ3v) is 12.5. The van der Waals surface area contributed by atoms with Gasteiger partial charge in [-0.05, 0) is 123 Å². The summed E-state index contributed by atoms with van der Waals surface area (Å²) in [5.41, 5.74) is 5.83. The number of carboxylic acids is 1. The van der Waals surface area contributed by atoms with Crippen molar-refractivity contribution >= 4 is 11.9 Å². The summed E-state index contributed by atoms with van der Waals surface area (Å²) in [5, 5.41) is 42.9. The van der Waals surface area contributed by atoms with E-state index in [9.17, 15) is 24.9 Å². The number of rotatable bonds is 9. The highest BCUT2D eigenvalue weighted by molar-refractivity contribution is 5.81. The molecule has 7 N–H and O–H groups in total. The number of nitrogens with one attached hydrogen (secondary N) is 1. The number of hydrogen-bond donors (Lipinski definition) is 6. The van der Waals surface area contributed by atoms with Gasteiger partial charge >= 0.3 is 5.97 Å². The Morgan fingerprint density at radius 3 is 2.32 bits per heavy atom. The van der Waals surface area contributed by atoms with Gasteiger partial charge in [-0.15, -0.1) is 0 Å². The summed E-state index contributed by atoms with van der Waals surface area (Å²) in [4.78, 5) is 22.3. The summed E-state index contributed by atoms with van der Waals surface area (Å²) in [6.07, 6.45) is 11.8. The van der Waals surface area contributed by atoms with Gasteiger partial charge in [-0.2, -0.15) is 0 Å². The van der Waals surface area contributed by atoms with Crippen molar-refractivity contribution in [3.63, 3.8) is 0 Å². The van der Waals surface area contributed by atoms with Crippen LogP contribution >= 0.6 is 0 Å². The fraction of sp³-hybridized carbons (Fsp3) is 0.939. The van der Waals surface area contributed by atoms with E-state index in [0.29, 0.717) is 41.9 Å². The Hall–Kier alpha value is -1.22. The summed E-state index contributed by atoms with van der Waals surface area (Å²) in [7, 11) is 0. The number of carbonyl (C=O) groups is 2. The molecule has 5 rings (SSSR count). The van der Waals surface area contributed by atoms with Crippen molar-refractivity contribution in [1.29, 1.82) is 0 Å². The molecule has 8 nitrogen and oxygen atoms in total. The zero-order valence-electron chi connectivity index (χ0n) is 25.9. The average molecular weight is 579 g/mol. The minimum Gasteiger partial charge on any atom is -0.481 e. The first-order valence-electron chi connectivity index (χ1n) is 16.6. The van der Waals surface area contributed by atoms with Crippen LogP contribution in [0.4, 0.5) is 0 Å². The van der Waals surface area contributed by atoms with Gasteiger partial charge in [0.15, 0.2) is 0 Å². The lowest BCUT2D eigenvalue weighted by molar-refractivity contribution is -0.175. The average Bonchev–Trinajstić information content (AvgIpc) is 3.66. The van der Waals surface area contributed by atoms with Crippen molar-refractivity contribution in [3.05, 3.63) is 0 Å². The molecule has 0 aromatic carbocycles. The normalized spacial score (nSPS) is 41.9. The number of aliphatic hydroxyl groups is 3. The molecule has 0 radical (unpaired) electrons. The van der Waals surface area contributed by atoms with E-state index in [4.69, 9.17) is 10.8 Å². The van der Waals surface area contributed by atoms with Crippen LogP contribution in [0.2, 0.25) is 0 Å². The van der Waals surface area contributed by atoms with E-state index in [1.807, 2.05) is 6.92 Å². The van der Waals surface area contributed by atoms with Crippen molar-refractivity contribution < 1.29 is 30.0 Å². The maximum absolute atomic E-state index is 11.5. The monoisotopic (exact) mass is 578 g/mol. The second kappa shape index (κ2) is 13.2. The van der Waals surface area contributed by atoms with Gasteiger partial charge in [0.05, 0.1) is 12.2 Å². The second-order valence-corrected chi connectivity index (χ2v) is 15.0. The molecular formula is C33H58N2O6. The number of fused-ring (bicyclic) bond motifs is 5. The Balaban J connectivity index is 0.000000251. The molecule has 236 valence electrons. The molecule has 0 bridgehead atoms. The maximum atomic E-state index is 11.5. The molecule has 0 aliphatic heterocycles. The van der Waals surface area contributed by atoms with Gasteiger partial charge in [0.1, 0.15) is 6.10 Å².